The summed E-state index contributed by atoms with van der Waals surface area (Å²) in [5.74, 6) is -0.510. The molecule has 11 N–H and O–H groups in total. The number of primary sulfonamides is 1. The van der Waals surface area contributed by atoms with Gasteiger partial charge in [0.1, 0.15) is 72.8 Å². The molecule has 658 valence electrons. The number of nitrogens with two attached hydrogens (primary N) is 2. The monoisotopic (exact) mass is 2230 g/mol. The molecule has 0 amide bonds. The van der Waals surface area contributed by atoms with Crippen molar-refractivity contribution in [1.82, 2.24) is 36.1 Å². The molecule has 0 aliphatic heterocycles. The van der Waals surface area contributed by atoms with Crippen LogP contribution in [-0.4, -0.2) is 127 Å². The van der Waals surface area contributed by atoms with Crippen LogP contribution in [0, 0.1) is 0 Å². The van der Waals surface area contributed by atoms with Gasteiger partial charge in [-0.05, 0) is 131 Å². The molecule has 16 aromatic rings. The van der Waals surface area contributed by atoms with Crippen molar-refractivity contribution >= 4 is 283 Å². The molecule has 8 aromatic carbocycles. The van der Waals surface area contributed by atoms with Crippen molar-refractivity contribution in [3.05, 3.63) is 250 Å². The molecule has 1 unspecified atom stereocenters. The Labute approximate surface area is 783 Å². The van der Waals surface area contributed by atoms with Crippen LogP contribution in [-0.2, 0) is 92.9 Å². The van der Waals surface area contributed by atoms with Gasteiger partial charge in [0.25, 0.3) is 5.97 Å². The van der Waals surface area contributed by atoms with Gasteiger partial charge < -0.3 is 66.3 Å². The quantitative estimate of drug-likeness (QED) is 0.0104. The number of rotatable bonds is 12. The fourth-order valence-electron chi connectivity index (χ4n) is 9.23. The Morgan fingerprint density at radius 3 is 1.02 bits per heavy atom. The largest absolute Gasteiger partial charge is 1.00 e. The number of hydrogen-bond acceptors (Lipinski definition) is 32. The maximum Gasteiger partial charge on any atom is 1.00 e. The molecule has 0 saturated carbocycles. The van der Waals surface area contributed by atoms with Crippen molar-refractivity contribution in [2.75, 3.05) is 0 Å². The SMILES string of the molecule is BrBr.BrCc1noc2ccccc12.BrCc1noc2ccccc12.CC(=O)O.Cl.NO.NS(=O)(=O)Cc1noc2ccccc12.O=C(O)C(Br)c1noc2ccccc12.O=C(O)Cc1noc2ccccc12.O=P(Cl)(Cl)Cl.O=S(=O)(Cl)Cc1noc2ccccc12.O=S(=O)(O)O.O=S(=O)([O-])Cc1noc2ccccc12.O=c1cc(O)c2ccccc2o1.[2HH].[Na+]. The number of halogens is 10. The van der Waals surface area contributed by atoms with E-state index < -0.39 is 78.9 Å². The zero-order chi connectivity index (χ0) is 90.4. The first-order valence-corrected chi connectivity index (χ1v) is 50.6. The Balaban J connectivity index is 0.000000687. The first-order valence-electron chi connectivity index (χ1n) is 32.1. The van der Waals surface area contributed by atoms with E-state index in [-0.39, 0.29) is 72.8 Å². The smallest absolute Gasteiger partial charge is 0.748 e. The summed E-state index contributed by atoms with van der Waals surface area (Å²) < 4.78 is 155. The van der Waals surface area contributed by atoms with Gasteiger partial charge in [-0.25, -0.2) is 41.1 Å². The predicted molar refractivity (Wildman–Crippen MR) is 473 cm³/mol. The molecule has 0 radical (unpaired) electrons. The van der Waals surface area contributed by atoms with Crippen LogP contribution in [0.3, 0.4) is 0 Å². The zero-order valence-corrected chi connectivity index (χ0v) is 80.1. The van der Waals surface area contributed by atoms with Crippen molar-refractivity contribution in [2.45, 2.75) is 46.1 Å². The number of carbonyl (C=O) groups is 3. The Hall–Kier alpha value is -7.89. The molecule has 123 heavy (non-hydrogen) atoms. The number of fused-ring (bicyclic) bond motifs is 8. The summed E-state index contributed by atoms with van der Waals surface area (Å²) in [6.45, 7) is 1.08. The third kappa shape index (κ3) is 41.4. The Kier molecular flexibility index (Phi) is 49.6. The topological polar surface area (TPSA) is 634 Å². The minimum absolute atomic E-state index is 0. The zero-order valence-electron chi connectivity index (χ0n) is 62.2. The van der Waals surface area contributed by atoms with E-state index in [1.54, 1.807) is 127 Å². The summed E-state index contributed by atoms with van der Waals surface area (Å²) in [5, 5.41) is 75.9. The van der Waals surface area contributed by atoms with Gasteiger partial charge in [0.15, 0.2) is 43.9 Å². The average Bonchev–Trinajstić information content (AvgIpc) is 1.63. The van der Waals surface area contributed by atoms with Crippen LogP contribution < -0.4 is 46.2 Å². The summed E-state index contributed by atoms with van der Waals surface area (Å²) >= 11 is 29.0. The minimum Gasteiger partial charge on any atom is -0.748 e. The molecule has 16 rings (SSSR count). The summed E-state index contributed by atoms with van der Waals surface area (Å²) in [4.78, 5) is 40.1. The van der Waals surface area contributed by atoms with E-state index in [0.717, 1.165) is 67.7 Å². The third-order valence-electron chi connectivity index (χ3n) is 13.7. The van der Waals surface area contributed by atoms with Crippen LogP contribution >= 0.6 is 138 Å². The van der Waals surface area contributed by atoms with Gasteiger partial charge in [-0.1, -0.05) is 181 Å². The number of aromatic hydroxyl groups is 1. The van der Waals surface area contributed by atoms with Gasteiger partial charge in [0.05, 0.1) is 23.6 Å². The summed E-state index contributed by atoms with van der Waals surface area (Å²) in [6.07, 6.45) is -0.100. The van der Waals surface area contributed by atoms with E-state index in [4.69, 9.17) is 94.7 Å². The number of carboxylic acid groups (broad SMARTS) is 3. The standard InChI is InChI=1S/C9H6BrNO3.C9H7NO3.C9H6O3.2C8H6BrNO.C8H6ClNO3S.C8H8N2O3S.C8H7NO4S.C2H4O2.Br2.Cl3OP.ClH.H3NO.Na.H2O4S.H2/c10-7(9(12)13)8-5-3-1-2-4-6(5)14-11-8;11-9(12)5-7-6-3-1-2-4-8(6)13-10-7;10-7-5-9(11)12-8-4-2-1-3-6(7)8;2*9-5-7-6-3-1-2-4-8(6)11-10-7;2*9-14(11,12)5-7-6-3-1-2-4-8(6)13-10-7;10-14(11,12)5-7-6-3-1-2-4-8(6)13-9-7;1-2(3)4;1-2;1-5(2,3)4;;1-2;;1-5(2,3)4;/h1-4,7H,(H,12,13);1-4H,5H2,(H,11,12);1-5,10H;2*1-4H,5H2;1-4H,5H2;1-4H,5H2,(H2,9,11,12);1-4H,5H2,(H,10,11,12);1H3,(H,3,4);;;1H;2H,1H2;;(H2,1,2,3,4);1H/q;;;;;;;;;;;;;+1;;/p-1/i;;;;;;;;;;;;;;;1+1. The van der Waals surface area contributed by atoms with E-state index >= 15 is 0 Å². The fraction of sp³-hybridized carbons (Fsp3) is 0.116. The molecular weight excluding hydrogens is 2180 g/mol. The van der Waals surface area contributed by atoms with Gasteiger partial charge >= 0.3 is 62.7 Å². The second-order valence-electron chi connectivity index (χ2n) is 22.4. The number of hydrogen-bond donors (Lipinski definition) is 9. The van der Waals surface area contributed by atoms with Crippen molar-refractivity contribution in [1.29, 1.82) is 0 Å². The number of carboxylic acids is 3. The van der Waals surface area contributed by atoms with Gasteiger partial charge in [-0.15, -0.1) is 12.4 Å². The molecule has 8 heterocycles. The molecule has 0 aliphatic carbocycles. The van der Waals surface area contributed by atoms with Crippen LogP contribution in [0.5, 0.6) is 5.75 Å². The molecule has 0 saturated heterocycles. The number of sulfonamides is 1. The maximum absolute atomic E-state index is 10.8. The first kappa shape index (κ1) is 111. The second-order valence-corrected chi connectivity index (χ2v) is 37.7. The number of para-hydroxylation sites is 8. The molecule has 0 bridgehead atoms. The molecule has 1 atom stereocenters. The van der Waals surface area contributed by atoms with Gasteiger partial charge in [-0.3, -0.25) is 28.1 Å². The van der Waals surface area contributed by atoms with Crippen LogP contribution in [0.25, 0.3) is 87.8 Å². The molecule has 0 spiro atoms. The van der Waals surface area contributed by atoms with Gasteiger partial charge in [0, 0.05) is 95.7 Å². The molecular formula is C69H63Br5Cl5N9NaO29PS4. The van der Waals surface area contributed by atoms with Gasteiger partial charge in [-0.2, -0.15) is 8.42 Å². The van der Waals surface area contributed by atoms with E-state index in [0.29, 0.717) is 77.8 Å². The van der Waals surface area contributed by atoms with Crippen LogP contribution in [0.2, 0.25) is 0 Å². The number of aromatic nitrogens is 7. The Bertz CT molecular complexity index is 6320. The Morgan fingerprint density at radius 2 is 0.724 bits per heavy atom. The summed E-state index contributed by atoms with van der Waals surface area (Å²) in [7, 11) is -11.0. The van der Waals surface area contributed by atoms with E-state index in [2.05, 4.69) is 152 Å². The normalized spacial score (nSPS) is 10.9. The fourth-order valence-corrected chi connectivity index (χ4v) is 12.3. The molecule has 38 nitrogen and oxygen atoms in total. The summed E-state index contributed by atoms with van der Waals surface area (Å²) in [6, 6.07) is 58.7. The second kappa shape index (κ2) is 54.9. The maximum atomic E-state index is 10.8. The molecule has 0 fully saturated rings. The number of benzene rings is 8. The number of aliphatic carboxylic acids is 3. The van der Waals surface area contributed by atoms with Gasteiger partial charge in [0.2, 0.25) is 19.1 Å². The average molecular weight is 2240 g/mol. The molecule has 0 aliphatic rings. The first-order chi connectivity index (χ1) is 57.0. The van der Waals surface area contributed by atoms with Crippen LogP contribution in [0.15, 0.2) is 241 Å². The summed E-state index contributed by atoms with van der Waals surface area (Å²) in [5.41, 5.74) is 8.02. The molecule has 54 heteroatoms. The van der Waals surface area contributed by atoms with Crippen LogP contribution in [0.4, 0.5) is 0 Å². The molecule has 8 aromatic heterocycles. The van der Waals surface area contributed by atoms with Crippen molar-refractivity contribution < 1.29 is 159 Å². The number of alkyl halides is 3. The Morgan fingerprint density at radius 1 is 0.480 bits per heavy atom. The van der Waals surface area contributed by atoms with Crippen LogP contribution in [0.1, 0.15) is 53.0 Å². The van der Waals surface area contributed by atoms with E-state index in [9.17, 15) is 53.9 Å². The number of nitrogens with zero attached hydrogens (tertiary/aromatic N) is 7. The van der Waals surface area contributed by atoms with Crippen molar-refractivity contribution in [2.24, 2.45) is 11.0 Å². The van der Waals surface area contributed by atoms with Crippen molar-refractivity contribution in [3.63, 3.8) is 0 Å². The van der Waals surface area contributed by atoms with E-state index in [1.165, 1.54) is 0 Å². The van der Waals surface area contributed by atoms with Crippen molar-refractivity contribution in [3.8, 4) is 5.75 Å². The minimum atomic E-state index is -4.67. The van der Waals surface area contributed by atoms with E-state index in [1.807, 2.05) is 66.7 Å². The predicted octanol–water partition coefficient (Wildman–Crippen LogP) is 15.1. The third-order valence-corrected chi connectivity index (χ3v) is 17.9.